The number of thiophene rings is 1. The van der Waals surface area contributed by atoms with Crippen molar-refractivity contribution in [2.75, 3.05) is 30.3 Å². The van der Waals surface area contributed by atoms with E-state index in [1.165, 1.54) is 5.56 Å². The largest absolute Gasteiger partial charge is 0.341 e. The molecule has 2 aromatic heterocycles. The molecule has 0 radical (unpaired) electrons. The summed E-state index contributed by atoms with van der Waals surface area (Å²) in [6.45, 7) is 10.1. The van der Waals surface area contributed by atoms with Crippen molar-refractivity contribution in [1.29, 1.82) is 0 Å². The highest BCUT2D eigenvalue weighted by Crippen LogP contribution is 2.48. The van der Waals surface area contributed by atoms with Gasteiger partial charge in [0.05, 0.1) is 22.4 Å². The fraction of sp³-hybridized carbons (Fsp3) is 0.444. The molecule has 5 rings (SSSR count). The van der Waals surface area contributed by atoms with Crippen LogP contribution in [-0.4, -0.2) is 51.9 Å². The number of hydrogen-bond acceptors (Lipinski definition) is 5. The molecule has 0 saturated carbocycles. The third-order valence-corrected chi connectivity index (χ3v) is 8.63. The summed E-state index contributed by atoms with van der Waals surface area (Å²) in [6, 6.07) is 10.3. The highest BCUT2D eigenvalue weighted by atomic mass is 32.2. The number of benzene rings is 1. The molecule has 2 amide bonds. The van der Waals surface area contributed by atoms with E-state index >= 15 is 0 Å². The van der Waals surface area contributed by atoms with Gasteiger partial charge in [-0.25, -0.2) is 4.68 Å². The van der Waals surface area contributed by atoms with Crippen molar-refractivity contribution in [3.05, 3.63) is 63.5 Å². The lowest BCUT2D eigenvalue weighted by Gasteiger charge is -2.26. The average molecular weight is 509 g/mol. The van der Waals surface area contributed by atoms with Crippen LogP contribution in [0.4, 0.5) is 5.82 Å². The molecule has 0 bridgehead atoms. The first-order valence-corrected chi connectivity index (χ1v) is 14.2. The monoisotopic (exact) mass is 508 g/mol. The summed E-state index contributed by atoms with van der Waals surface area (Å²) in [5.41, 5.74) is 4.99. The Bertz CT molecular complexity index is 1220. The lowest BCUT2D eigenvalue weighted by molar-refractivity contribution is -0.130. The lowest BCUT2D eigenvalue weighted by atomic mass is 9.87. The standard InChI is InChI=1S/C27H32N4O2S2/c1-18-7-9-20(10-8-18)31-26-23(25(28-31)27(2,3)4)24(19-11-14-34-16-19)35-17-22(33)30(26)15-21(32)29-12-5-6-13-29/h7-11,14,16,24H,5-6,12-13,15,17H2,1-4H3/t24-/m0/s1. The molecule has 1 fully saturated rings. The lowest BCUT2D eigenvalue weighted by Crippen LogP contribution is -2.43. The van der Waals surface area contributed by atoms with E-state index in [1.807, 2.05) is 21.7 Å². The highest BCUT2D eigenvalue weighted by Gasteiger charge is 2.40. The number of likely N-dealkylation sites (tertiary alicyclic amines) is 1. The number of aryl methyl sites for hydroxylation is 1. The van der Waals surface area contributed by atoms with E-state index in [0.717, 1.165) is 54.3 Å². The van der Waals surface area contributed by atoms with Crippen LogP contribution in [0.5, 0.6) is 0 Å². The third-order valence-electron chi connectivity index (χ3n) is 6.68. The van der Waals surface area contributed by atoms with Gasteiger partial charge in [-0.05, 0) is 54.3 Å². The Hall–Kier alpha value is -2.58. The van der Waals surface area contributed by atoms with Gasteiger partial charge < -0.3 is 4.90 Å². The van der Waals surface area contributed by atoms with Crippen molar-refractivity contribution >= 4 is 40.7 Å². The summed E-state index contributed by atoms with van der Waals surface area (Å²) in [5, 5.41) is 9.36. The molecule has 1 atom stereocenters. The molecule has 184 valence electrons. The Labute approximate surface area is 215 Å². The normalized spacial score (nSPS) is 18.6. The number of anilines is 1. The van der Waals surface area contributed by atoms with Gasteiger partial charge in [0.15, 0.2) is 0 Å². The van der Waals surface area contributed by atoms with Gasteiger partial charge in [-0.15, -0.1) is 11.8 Å². The Balaban J connectivity index is 1.73. The van der Waals surface area contributed by atoms with Crippen molar-refractivity contribution in [1.82, 2.24) is 14.7 Å². The third kappa shape index (κ3) is 4.66. The summed E-state index contributed by atoms with van der Waals surface area (Å²) in [5.74, 6) is 1.02. The molecule has 0 spiro atoms. The Kier molecular flexibility index (Phi) is 6.53. The molecule has 0 N–H and O–H groups in total. The summed E-state index contributed by atoms with van der Waals surface area (Å²) in [7, 11) is 0. The summed E-state index contributed by atoms with van der Waals surface area (Å²) >= 11 is 3.30. The quantitative estimate of drug-likeness (QED) is 0.478. The van der Waals surface area contributed by atoms with E-state index in [9.17, 15) is 9.59 Å². The fourth-order valence-corrected chi connectivity index (χ4v) is 6.79. The zero-order valence-corrected chi connectivity index (χ0v) is 22.4. The molecule has 1 aromatic carbocycles. The van der Waals surface area contributed by atoms with Gasteiger partial charge in [0.2, 0.25) is 11.8 Å². The number of nitrogens with zero attached hydrogens (tertiary/aromatic N) is 4. The van der Waals surface area contributed by atoms with Crippen molar-refractivity contribution < 1.29 is 9.59 Å². The van der Waals surface area contributed by atoms with E-state index in [-0.39, 0.29) is 29.0 Å². The molecular weight excluding hydrogens is 476 g/mol. The first-order valence-electron chi connectivity index (χ1n) is 12.2. The number of carbonyl (C=O) groups is 2. The second-order valence-corrected chi connectivity index (χ2v) is 12.3. The van der Waals surface area contributed by atoms with E-state index in [4.69, 9.17) is 5.10 Å². The first-order chi connectivity index (χ1) is 16.7. The van der Waals surface area contributed by atoms with Crippen molar-refractivity contribution in [2.24, 2.45) is 0 Å². The molecule has 0 aliphatic carbocycles. The predicted molar refractivity (Wildman–Crippen MR) is 144 cm³/mol. The van der Waals surface area contributed by atoms with Gasteiger partial charge in [-0.1, -0.05) is 38.5 Å². The SMILES string of the molecule is Cc1ccc(-n2nc(C(C)(C)C)c3c2N(CC(=O)N2CCCC2)C(=O)CS[C@H]3c2ccsc2)cc1. The van der Waals surface area contributed by atoms with Gasteiger partial charge >= 0.3 is 0 Å². The fourth-order valence-electron chi connectivity index (χ4n) is 4.83. The summed E-state index contributed by atoms with van der Waals surface area (Å²) in [4.78, 5) is 30.5. The number of rotatable bonds is 4. The van der Waals surface area contributed by atoms with Crippen molar-refractivity contribution in [2.45, 2.75) is 51.2 Å². The molecule has 4 heterocycles. The topological polar surface area (TPSA) is 58.4 Å². The minimum absolute atomic E-state index is 0.00903. The molecule has 2 aliphatic rings. The molecular formula is C27H32N4O2S2. The van der Waals surface area contributed by atoms with Crippen LogP contribution in [0.15, 0.2) is 41.1 Å². The number of thioether (sulfide) groups is 1. The number of carbonyl (C=O) groups excluding carboxylic acids is 2. The predicted octanol–water partition coefficient (Wildman–Crippen LogP) is 5.33. The Morgan fingerprint density at radius 1 is 1.11 bits per heavy atom. The molecule has 1 saturated heterocycles. The van der Waals surface area contributed by atoms with Gasteiger partial charge in [0.25, 0.3) is 0 Å². The van der Waals surface area contributed by atoms with Crippen LogP contribution in [-0.2, 0) is 15.0 Å². The van der Waals surface area contributed by atoms with Gasteiger partial charge in [0.1, 0.15) is 12.4 Å². The van der Waals surface area contributed by atoms with Crippen LogP contribution in [0.25, 0.3) is 5.69 Å². The van der Waals surface area contributed by atoms with Crippen LogP contribution in [0.3, 0.4) is 0 Å². The Morgan fingerprint density at radius 3 is 2.46 bits per heavy atom. The van der Waals surface area contributed by atoms with E-state index < -0.39 is 0 Å². The van der Waals surface area contributed by atoms with Crippen LogP contribution in [0, 0.1) is 6.92 Å². The second-order valence-electron chi connectivity index (χ2n) is 10.4. The van der Waals surface area contributed by atoms with E-state index in [2.05, 4.69) is 56.7 Å². The summed E-state index contributed by atoms with van der Waals surface area (Å²) in [6.07, 6.45) is 2.05. The zero-order valence-electron chi connectivity index (χ0n) is 20.8. The second kappa shape index (κ2) is 9.47. The number of hydrogen-bond donors (Lipinski definition) is 0. The zero-order chi connectivity index (χ0) is 24.7. The van der Waals surface area contributed by atoms with Crippen molar-refractivity contribution in [3.8, 4) is 5.69 Å². The minimum Gasteiger partial charge on any atom is -0.341 e. The maximum atomic E-state index is 13.6. The van der Waals surface area contributed by atoms with Crippen molar-refractivity contribution in [3.63, 3.8) is 0 Å². The maximum Gasteiger partial charge on any atom is 0.242 e. The van der Waals surface area contributed by atoms with E-state index in [0.29, 0.717) is 5.75 Å². The van der Waals surface area contributed by atoms with Gasteiger partial charge in [-0.2, -0.15) is 16.4 Å². The molecule has 3 aromatic rings. The van der Waals surface area contributed by atoms with Crippen LogP contribution in [0.2, 0.25) is 0 Å². The van der Waals surface area contributed by atoms with Gasteiger partial charge in [0, 0.05) is 24.1 Å². The van der Waals surface area contributed by atoms with Gasteiger partial charge in [-0.3, -0.25) is 14.5 Å². The number of aromatic nitrogens is 2. The van der Waals surface area contributed by atoms with Crippen LogP contribution in [0.1, 0.15) is 61.2 Å². The van der Waals surface area contributed by atoms with Crippen LogP contribution >= 0.6 is 23.1 Å². The maximum absolute atomic E-state index is 13.6. The average Bonchev–Trinajstić information content (AvgIpc) is 3.57. The number of fused-ring (bicyclic) bond motifs is 1. The summed E-state index contributed by atoms with van der Waals surface area (Å²) < 4.78 is 1.90. The Morgan fingerprint density at radius 2 is 1.83 bits per heavy atom. The molecule has 35 heavy (non-hydrogen) atoms. The molecule has 2 aliphatic heterocycles. The smallest absolute Gasteiger partial charge is 0.242 e. The molecule has 6 nitrogen and oxygen atoms in total. The molecule has 8 heteroatoms. The minimum atomic E-state index is -0.243. The number of amides is 2. The highest BCUT2D eigenvalue weighted by molar-refractivity contribution is 8.00. The first kappa shape index (κ1) is 24.1. The van der Waals surface area contributed by atoms with Crippen LogP contribution < -0.4 is 4.90 Å². The molecule has 0 unspecified atom stereocenters. The van der Waals surface area contributed by atoms with E-state index in [1.54, 1.807) is 28.0 Å².